The predicted molar refractivity (Wildman–Crippen MR) is 81.0 cm³/mol. The number of aromatic nitrogens is 1. The van der Waals surface area contributed by atoms with E-state index in [0.717, 1.165) is 18.9 Å². The Hall–Kier alpha value is -1.22. The van der Waals surface area contributed by atoms with Gasteiger partial charge in [-0.25, -0.2) is 17.7 Å². The second-order valence-corrected chi connectivity index (χ2v) is 7.27. The fourth-order valence-electron chi connectivity index (χ4n) is 2.27. The molecule has 0 aromatic carbocycles. The first-order valence-corrected chi connectivity index (χ1v) is 8.28. The van der Waals surface area contributed by atoms with Crippen molar-refractivity contribution >= 4 is 15.8 Å². The number of hydrogen-bond donors (Lipinski definition) is 1. The van der Waals surface area contributed by atoms with Crippen LogP contribution in [0.1, 0.15) is 0 Å². The number of ether oxygens (including phenoxy) is 1. The standard InChI is InChI=1S/C13H22N4O3S/c1-14-8-11-10-20-7-6-17(11)13-5-4-12(9-15-13)21(18,19)16(2)3/h4-5,9,11,14H,6-8,10H2,1-3H3. The Morgan fingerprint density at radius 3 is 2.81 bits per heavy atom. The maximum absolute atomic E-state index is 12.0. The molecule has 1 atom stereocenters. The van der Waals surface area contributed by atoms with Crippen LogP contribution in [0.2, 0.25) is 0 Å². The molecule has 1 aromatic rings. The Balaban J connectivity index is 2.21. The van der Waals surface area contributed by atoms with E-state index in [4.69, 9.17) is 4.74 Å². The van der Waals surface area contributed by atoms with Crippen molar-refractivity contribution in [2.75, 3.05) is 52.3 Å². The summed E-state index contributed by atoms with van der Waals surface area (Å²) in [6.07, 6.45) is 1.41. The van der Waals surface area contributed by atoms with Gasteiger partial charge in [-0.05, 0) is 19.2 Å². The quantitative estimate of drug-likeness (QED) is 0.808. The molecule has 1 aliphatic heterocycles. The summed E-state index contributed by atoms with van der Waals surface area (Å²) in [7, 11) is 1.48. The first-order valence-electron chi connectivity index (χ1n) is 6.84. The van der Waals surface area contributed by atoms with E-state index < -0.39 is 10.0 Å². The minimum absolute atomic E-state index is 0.201. The molecule has 7 nitrogen and oxygen atoms in total. The van der Waals surface area contributed by atoms with Crippen LogP contribution in [-0.2, 0) is 14.8 Å². The van der Waals surface area contributed by atoms with E-state index >= 15 is 0 Å². The minimum atomic E-state index is -3.43. The van der Waals surface area contributed by atoms with Crippen molar-refractivity contribution in [3.05, 3.63) is 18.3 Å². The molecule has 1 aliphatic rings. The van der Waals surface area contributed by atoms with Crippen LogP contribution in [0.4, 0.5) is 5.82 Å². The van der Waals surface area contributed by atoms with E-state index in [1.165, 1.54) is 24.6 Å². The monoisotopic (exact) mass is 314 g/mol. The molecule has 1 fully saturated rings. The van der Waals surface area contributed by atoms with Crippen molar-refractivity contribution in [3.63, 3.8) is 0 Å². The highest BCUT2D eigenvalue weighted by molar-refractivity contribution is 7.89. The first kappa shape index (κ1) is 16.2. The van der Waals surface area contributed by atoms with Crippen molar-refractivity contribution in [1.82, 2.24) is 14.6 Å². The van der Waals surface area contributed by atoms with E-state index in [1.54, 1.807) is 12.1 Å². The van der Waals surface area contributed by atoms with Gasteiger partial charge in [-0.1, -0.05) is 0 Å². The molecule has 1 unspecified atom stereocenters. The Morgan fingerprint density at radius 1 is 1.48 bits per heavy atom. The number of likely N-dealkylation sites (N-methyl/N-ethyl adjacent to an activating group) is 1. The Kier molecular flexibility index (Phi) is 5.15. The zero-order valence-corrected chi connectivity index (χ0v) is 13.4. The molecule has 1 aromatic heterocycles. The van der Waals surface area contributed by atoms with Gasteiger partial charge in [-0.15, -0.1) is 0 Å². The summed E-state index contributed by atoms with van der Waals surface area (Å²) in [6.45, 7) is 2.83. The zero-order chi connectivity index (χ0) is 15.5. The SMILES string of the molecule is CNCC1COCCN1c1ccc(S(=O)(=O)N(C)C)cn1. The topological polar surface area (TPSA) is 74.8 Å². The Morgan fingerprint density at radius 2 is 2.24 bits per heavy atom. The average Bonchev–Trinajstić information content (AvgIpc) is 2.48. The number of nitrogens with one attached hydrogen (secondary N) is 1. The third-order valence-electron chi connectivity index (χ3n) is 3.46. The van der Waals surface area contributed by atoms with Gasteiger partial charge in [0.05, 0.1) is 19.3 Å². The van der Waals surface area contributed by atoms with Gasteiger partial charge < -0.3 is 15.0 Å². The van der Waals surface area contributed by atoms with Gasteiger partial charge in [0.1, 0.15) is 10.7 Å². The molecule has 8 heteroatoms. The number of sulfonamides is 1. The maximum Gasteiger partial charge on any atom is 0.244 e. The third-order valence-corrected chi connectivity index (χ3v) is 5.26. The van der Waals surface area contributed by atoms with Crippen molar-refractivity contribution in [1.29, 1.82) is 0 Å². The number of pyridine rings is 1. The van der Waals surface area contributed by atoms with Crippen molar-refractivity contribution in [3.8, 4) is 0 Å². The van der Waals surface area contributed by atoms with Crippen LogP contribution >= 0.6 is 0 Å². The Bertz CT molecular complexity index is 557. The molecule has 118 valence electrons. The molecule has 2 rings (SSSR count). The highest BCUT2D eigenvalue weighted by Gasteiger charge is 2.24. The van der Waals surface area contributed by atoms with Gasteiger partial charge in [-0.3, -0.25) is 0 Å². The second-order valence-electron chi connectivity index (χ2n) is 5.12. The number of morpholine rings is 1. The van der Waals surface area contributed by atoms with E-state index in [0.29, 0.717) is 13.2 Å². The summed E-state index contributed by atoms with van der Waals surface area (Å²) in [4.78, 5) is 6.67. The zero-order valence-electron chi connectivity index (χ0n) is 12.6. The van der Waals surface area contributed by atoms with Crippen LogP contribution in [0.5, 0.6) is 0 Å². The molecule has 2 heterocycles. The highest BCUT2D eigenvalue weighted by atomic mass is 32.2. The first-order chi connectivity index (χ1) is 9.96. The van der Waals surface area contributed by atoms with Crippen molar-refractivity contribution in [2.45, 2.75) is 10.9 Å². The second kappa shape index (κ2) is 6.69. The molecule has 0 radical (unpaired) electrons. The molecule has 0 saturated carbocycles. The molecule has 0 spiro atoms. The number of nitrogens with zero attached hydrogens (tertiary/aromatic N) is 3. The summed E-state index contributed by atoms with van der Waals surface area (Å²) in [6, 6.07) is 3.56. The summed E-state index contributed by atoms with van der Waals surface area (Å²) >= 11 is 0. The largest absolute Gasteiger partial charge is 0.377 e. The maximum atomic E-state index is 12.0. The fraction of sp³-hybridized carbons (Fsp3) is 0.615. The van der Waals surface area contributed by atoms with Crippen molar-refractivity contribution < 1.29 is 13.2 Å². The van der Waals surface area contributed by atoms with Gasteiger partial charge in [-0.2, -0.15) is 0 Å². The van der Waals surface area contributed by atoms with Crippen LogP contribution in [0.15, 0.2) is 23.2 Å². The number of hydrogen-bond acceptors (Lipinski definition) is 6. The lowest BCUT2D eigenvalue weighted by atomic mass is 10.2. The molecule has 1 N–H and O–H groups in total. The molecule has 0 amide bonds. The normalized spacial score (nSPS) is 20.0. The van der Waals surface area contributed by atoms with Crippen LogP contribution in [0, 0.1) is 0 Å². The number of rotatable bonds is 5. The van der Waals surface area contributed by atoms with Crippen molar-refractivity contribution in [2.24, 2.45) is 0 Å². The lowest BCUT2D eigenvalue weighted by Crippen LogP contribution is -2.50. The number of anilines is 1. The molecular weight excluding hydrogens is 292 g/mol. The van der Waals surface area contributed by atoms with E-state index in [2.05, 4.69) is 15.2 Å². The molecule has 21 heavy (non-hydrogen) atoms. The van der Waals surface area contributed by atoms with Gasteiger partial charge in [0.25, 0.3) is 0 Å². The van der Waals surface area contributed by atoms with Crippen LogP contribution in [0.25, 0.3) is 0 Å². The molecule has 0 aliphatic carbocycles. The molecule has 1 saturated heterocycles. The van der Waals surface area contributed by atoms with Crippen LogP contribution < -0.4 is 10.2 Å². The molecule has 0 bridgehead atoms. The van der Waals surface area contributed by atoms with Gasteiger partial charge in [0.15, 0.2) is 0 Å². The summed E-state index contributed by atoms with van der Waals surface area (Å²) in [5.41, 5.74) is 0. The molecular formula is C13H22N4O3S. The van der Waals surface area contributed by atoms with Gasteiger partial charge in [0.2, 0.25) is 10.0 Å². The van der Waals surface area contributed by atoms with E-state index in [9.17, 15) is 8.42 Å². The van der Waals surface area contributed by atoms with Crippen LogP contribution in [-0.4, -0.2) is 71.2 Å². The highest BCUT2D eigenvalue weighted by Crippen LogP contribution is 2.20. The minimum Gasteiger partial charge on any atom is -0.377 e. The van der Waals surface area contributed by atoms with E-state index in [-0.39, 0.29) is 10.9 Å². The average molecular weight is 314 g/mol. The Labute approximate surface area is 126 Å². The van der Waals surface area contributed by atoms with E-state index in [1.807, 2.05) is 7.05 Å². The summed E-state index contributed by atoms with van der Waals surface area (Å²) in [5, 5.41) is 3.14. The van der Waals surface area contributed by atoms with Crippen LogP contribution in [0.3, 0.4) is 0 Å². The third kappa shape index (κ3) is 3.52. The van der Waals surface area contributed by atoms with Gasteiger partial charge >= 0.3 is 0 Å². The lowest BCUT2D eigenvalue weighted by Gasteiger charge is -2.36. The smallest absolute Gasteiger partial charge is 0.244 e. The summed E-state index contributed by atoms with van der Waals surface area (Å²) < 4.78 is 30.7. The summed E-state index contributed by atoms with van der Waals surface area (Å²) in [5.74, 6) is 0.774. The fourth-order valence-corrected chi connectivity index (χ4v) is 3.11. The lowest BCUT2D eigenvalue weighted by molar-refractivity contribution is 0.0939. The van der Waals surface area contributed by atoms with Gasteiger partial charge in [0, 0.05) is 33.4 Å². The predicted octanol–water partition coefficient (Wildman–Crippen LogP) is -0.243.